The van der Waals surface area contributed by atoms with E-state index in [2.05, 4.69) is 10.5 Å². The van der Waals surface area contributed by atoms with Crippen molar-refractivity contribution in [3.63, 3.8) is 0 Å². The Labute approximate surface area is 83.9 Å². The second kappa shape index (κ2) is 3.30. The number of hydrogen-bond donors (Lipinski definition) is 1. The fourth-order valence-electron chi connectivity index (χ4n) is 2.64. The number of nitrogens with one attached hydrogen (secondary N) is 1. The number of anilines is 1. The monoisotopic (exact) mass is 192 g/mol. The number of aryl methyl sites for hydroxylation is 1. The number of hydrogen-bond acceptors (Lipinski definition) is 3. The normalized spacial score (nSPS) is 22.0. The van der Waals surface area contributed by atoms with Gasteiger partial charge in [0, 0.05) is 18.9 Å². The van der Waals surface area contributed by atoms with Crippen molar-refractivity contribution < 1.29 is 4.52 Å². The fraction of sp³-hybridized carbons (Fsp3) is 0.727. The van der Waals surface area contributed by atoms with Crippen LogP contribution in [0.2, 0.25) is 0 Å². The predicted octanol–water partition coefficient (Wildman–Crippen LogP) is 2.69. The van der Waals surface area contributed by atoms with Gasteiger partial charge in [0.05, 0.1) is 0 Å². The van der Waals surface area contributed by atoms with Gasteiger partial charge in [-0.05, 0) is 19.3 Å². The molecule has 1 N–H and O–H groups in total. The fourth-order valence-corrected chi connectivity index (χ4v) is 2.64. The van der Waals surface area contributed by atoms with Gasteiger partial charge in [-0.1, -0.05) is 18.0 Å². The maximum Gasteiger partial charge on any atom is 0.160 e. The van der Waals surface area contributed by atoms with Gasteiger partial charge in [0.2, 0.25) is 0 Å². The van der Waals surface area contributed by atoms with Crippen LogP contribution in [-0.2, 0) is 6.42 Å². The lowest BCUT2D eigenvalue weighted by molar-refractivity contribution is 0.370. The van der Waals surface area contributed by atoms with E-state index in [1.54, 1.807) is 0 Å². The van der Waals surface area contributed by atoms with E-state index >= 15 is 0 Å². The van der Waals surface area contributed by atoms with E-state index < -0.39 is 0 Å². The van der Waals surface area contributed by atoms with E-state index in [0.717, 1.165) is 18.7 Å². The molecule has 3 heteroatoms. The van der Waals surface area contributed by atoms with Crippen LogP contribution in [0.3, 0.4) is 0 Å². The van der Waals surface area contributed by atoms with Gasteiger partial charge in [-0.3, -0.25) is 0 Å². The Hall–Kier alpha value is -0.990. The van der Waals surface area contributed by atoms with Gasteiger partial charge in [0.25, 0.3) is 0 Å². The third kappa shape index (κ3) is 1.22. The maximum atomic E-state index is 5.39. The summed E-state index contributed by atoms with van der Waals surface area (Å²) >= 11 is 0. The molecule has 1 aliphatic heterocycles. The van der Waals surface area contributed by atoms with Crippen LogP contribution in [0.4, 0.5) is 5.69 Å². The summed E-state index contributed by atoms with van der Waals surface area (Å²) in [6, 6.07) is 0. The molecule has 0 saturated heterocycles. The van der Waals surface area contributed by atoms with Crippen molar-refractivity contribution in [1.82, 2.24) is 5.16 Å². The minimum absolute atomic E-state index is 0.660. The first-order chi connectivity index (χ1) is 6.95. The summed E-state index contributed by atoms with van der Waals surface area (Å²) in [6.45, 7) is 1.08. The molecule has 1 aromatic rings. The molecular weight excluding hydrogens is 176 g/mol. The number of nitrogens with zero attached hydrogens (tertiary/aromatic N) is 1. The summed E-state index contributed by atoms with van der Waals surface area (Å²) in [4.78, 5) is 0. The van der Waals surface area contributed by atoms with Crippen molar-refractivity contribution >= 4 is 5.69 Å². The average Bonchev–Trinajstić information content (AvgIpc) is 2.85. The van der Waals surface area contributed by atoms with Crippen molar-refractivity contribution in [2.24, 2.45) is 0 Å². The molecule has 3 rings (SSSR count). The van der Waals surface area contributed by atoms with Crippen molar-refractivity contribution in [3.8, 4) is 0 Å². The molecule has 0 amide bonds. The van der Waals surface area contributed by atoms with Gasteiger partial charge in [-0.15, -0.1) is 0 Å². The standard InChI is InChI=1S/C11H16N2O/c1-2-5-8(4-1)10-11-9(14-13-10)6-3-7-12-11/h8,12H,1-7H2. The highest BCUT2D eigenvalue weighted by molar-refractivity contribution is 5.54. The third-order valence-electron chi connectivity index (χ3n) is 3.41. The van der Waals surface area contributed by atoms with Crippen LogP contribution in [0.1, 0.15) is 49.5 Å². The molecule has 1 aromatic heterocycles. The van der Waals surface area contributed by atoms with Gasteiger partial charge in [-0.2, -0.15) is 0 Å². The van der Waals surface area contributed by atoms with Gasteiger partial charge in [0.15, 0.2) is 5.76 Å². The third-order valence-corrected chi connectivity index (χ3v) is 3.41. The van der Waals surface area contributed by atoms with E-state index in [1.165, 1.54) is 43.5 Å². The van der Waals surface area contributed by atoms with Crippen LogP contribution in [0, 0.1) is 0 Å². The summed E-state index contributed by atoms with van der Waals surface area (Å²) < 4.78 is 5.39. The van der Waals surface area contributed by atoms with Crippen molar-refractivity contribution in [2.75, 3.05) is 11.9 Å². The minimum Gasteiger partial charge on any atom is -0.381 e. The number of aromatic nitrogens is 1. The Kier molecular flexibility index (Phi) is 1.96. The second-order valence-corrected chi connectivity index (χ2v) is 4.38. The van der Waals surface area contributed by atoms with Gasteiger partial charge < -0.3 is 9.84 Å². The molecule has 1 fully saturated rings. The van der Waals surface area contributed by atoms with Crippen LogP contribution < -0.4 is 5.32 Å². The lowest BCUT2D eigenvalue weighted by atomic mass is 10.00. The van der Waals surface area contributed by atoms with E-state index in [0.29, 0.717) is 5.92 Å². The van der Waals surface area contributed by atoms with Gasteiger partial charge in [-0.25, -0.2) is 0 Å². The van der Waals surface area contributed by atoms with Gasteiger partial charge in [0.1, 0.15) is 11.4 Å². The maximum absolute atomic E-state index is 5.39. The van der Waals surface area contributed by atoms with Crippen LogP contribution in [-0.4, -0.2) is 11.7 Å². The molecular formula is C11H16N2O. The van der Waals surface area contributed by atoms with Crippen LogP contribution in [0.5, 0.6) is 0 Å². The zero-order valence-electron chi connectivity index (χ0n) is 8.38. The second-order valence-electron chi connectivity index (χ2n) is 4.38. The van der Waals surface area contributed by atoms with Crippen LogP contribution in [0.25, 0.3) is 0 Å². The zero-order chi connectivity index (χ0) is 9.38. The first-order valence-corrected chi connectivity index (χ1v) is 5.67. The van der Waals surface area contributed by atoms with E-state index in [4.69, 9.17) is 4.52 Å². The quantitative estimate of drug-likeness (QED) is 0.743. The molecule has 2 aliphatic rings. The molecule has 1 aliphatic carbocycles. The van der Waals surface area contributed by atoms with E-state index in [9.17, 15) is 0 Å². The average molecular weight is 192 g/mol. The van der Waals surface area contributed by atoms with Crippen molar-refractivity contribution in [1.29, 1.82) is 0 Å². The van der Waals surface area contributed by atoms with E-state index in [-0.39, 0.29) is 0 Å². The Balaban J connectivity index is 1.93. The van der Waals surface area contributed by atoms with Gasteiger partial charge >= 0.3 is 0 Å². The van der Waals surface area contributed by atoms with Crippen LogP contribution >= 0.6 is 0 Å². The van der Waals surface area contributed by atoms with Crippen molar-refractivity contribution in [2.45, 2.75) is 44.4 Å². The van der Waals surface area contributed by atoms with E-state index in [1.807, 2.05) is 0 Å². The summed E-state index contributed by atoms with van der Waals surface area (Å²) in [5.41, 5.74) is 2.43. The lowest BCUT2D eigenvalue weighted by Crippen LogP contribution is -2.12. The minimum atomic E-state index is 0.660. The first-order valence-electron chi connectivity index (χ1n) is 5.67. The molecule has 0 spiro atoms. The molecule has 3 nitrogen and oxygen atoms in total. The molecule has 0 aromatic carbocycles. The lowest BCUT2D eigenvalue weighted by Gasteiger charge is -2.14. The molecule has 0 atom stereocenters. The molecule has 0 radical (unpaired) electrons. The predicted molar refractivity (Wildman–Crippen MR) is 54.5 cm³/mol. The number of rotatable bonds is 1. The zero-order valence-corrected chi connectivity index (χ0v) is 8.38. The molecule has 1 saturated carbocycles. The molecule has 0 unspecified atom stereocenters. The molecule has 76 valence electrons. The summed E-state index contributed by atoms with van der Waals surface area (Å²) in [5.74, 6) is 1.74. The number of fused-ring (bicyclic) bond motifs is 1. The molecule has 14 heavy (non-hydrogen) atoms. The van der Waals surface area contributed by atoms with Crippen molar-refractivity contribution in [3.05, 3.63) is 11.5 Å². The molecule has 2 heterocycles. The largest absolute Gasteiger partial charge is 0.381 e. The topological polar surface area (TPSA) is 38.1 Å². The summed E-state index contributed by atoms with van der Waals surface area (Å²) in [6.07, 6.45) is 7.52. The SMILES string of the molecule is C1CNc2c(C3CCCC3)noc2C1. The Morgan fingerprint density at radius 2 is 2.07 bits per heavy atom. The van der Waals surface area contributed by atoms with Crippen LogP contribution in [0.15, 0.2) is 4.52 Å². The smallest absolute Gasteiger partial charge is 0.160 e. The highest BCUT2D eigenvalue weighted by Gasteiger charge is 2.27. The summed E-state index contributed by atoms with van der Waals surface area (Å²) in [5, 5.41) is 7.67. The summed E-state index contributed by atoms with van der Waals surface area (Å²) in [7, 11) is 0. The first kappa shape index (κ1) is 8.33. The highest BCUT2D eigenvalue weighted by Crippen LogP contribution is 2.39. The highest BCUT2D eigenvalue weighted by atomic mass is 16.5. The Morgan fingerprint density at radius 3 is 2.93 bits per heavy atom. The Morgan fingerprint density at radius 1 is 1.21 bits per heavy atom. The molecule has 0 bridgehead atoms. The Bertz CT molecular complexity index is 326.